The largest absolute Gasteiger partial charge is 0.381 e. The average molecular weight is 312 g/mol. The van der Waals surface area contributed by atoms with E-state index >= 15 is 0 Å². The third-order valence-corrected chi connectivity index (χ3v) is 6.07. The van der Waals surface area contributed by atoms with Gasteiger partial charge in [0.1, 0.15) is 0 Å². The standard InChI is InChI=1S/C15H24N2O3S/c1-13-4-2-5-14(12-13)17(9-3-8-16)21(18,19)15-6-10-20-11-7-15/h2,4-5,12,15H,3,6-11,16H2,1H3. The molecule has 1 aromatic rings. The van der Waals surface area contributed by atoms with Crippen LogP contribution < -0.4 is 10.0 Å². The van der Waals surface area contributed by atoms with Gasteiger partial charge in [0.05, 0.1) is 10.9 Å². The molecule has 0 aromatic heterocycles. The number of hydrogen-bond acceptors (Lipinski definition) is 4. The molecule has 6 heteroatoms. The molecule has 0 atom stereocenters. The molecule has 1 saturated heterocycles. The second-order valence-corrected chi connectivity index (χ2v) is 7.55. The maximum Gasteiger partial charge on any atom is 0.238 e. The first kappa shape index (κ1) is 16.3. The third kappa shape index (κ3) is 3.96. The van der Waals surface area contributed by atoms with E-state index in [1.54, 1.807) is 0 Å². The monoisotopic (exact) mass is 312 g/mol. The number of sulfonamides is 1. The van der Waals surface area contributed by atoms with Crippen molar-refractivity contribution in [2.75, 3.05) is 30.6 Å². The molecule has 1 heterocycles. The van der Waals surface area contributed by atoms with Crippen LogP contribution in [0.3, 0.4) is 0 Å². The minimum absolute atomic E-state index is 0.357. The average Bonchev–Trinajstić information content (AvgIpc) is 2.48. The van der Waals surface area contributed by atoms with Crippen molar-refractivity contribution >= 4 is 15.7 Å². The number of nitrogens with two attached hydrogens (primary N) is 1. The maximum absolute atomic E-state index is 12.9. The smallest absolute Gasteiger partial charge is 0.238 e. The lowest BCUT2D eigenvalue weighted by atomic mass is 10.2. The van der Waals surface area contributed by atoms with Gasteiger partial charge in [-0.25, -0.2) is 8.42 Å². The molecule has 0 amide bonds. The van der Waals surface area contributed by atoms with E-state index in [4.69, 9.17) is 10.5 Å². The summed E-state index contributed by atoms with van der Waals surface area (Å²) in [4.78, 5) is 0. The van der Waals surface area contributed by atoms with Gasteiger partial charge in [-0.05, 0) is 50.4 Å². The summed E-state index contributed by atoms with van der Waals surface area (Å²) in [6.45, 7) is 3.90. The fraction of sp³-hybridized carbons (Fsp3) is 0.600. The molecule has 118 valence electrons. The van der Waals surface area contributed by atoms with Crippen LogP contribution in [0.5, 0.6) is 0 Å². The first-order valence-corrected chi connectivity index (χ1v) is 8.92. The van der Waals surface area contributed by atoms with E-state index in [1.165, 1.54) is 4.31 Å². The molecule has 2 N–H and O–H groups in total. The Bertz CT molecular complexity index is 554. The highest BCUT2D eigenvalue weighted by Gasteiger charge is 2.33. The Balaban J connectivity index is 2.30. The Labute approximate surface area is 127 Å². The first-order valence-electron chi connectivity index (χ1n) is 7.41. The quantitative estimate of drug-likeness (QED) is 0.867. The van der Waals surface area contributed by atoms with Crippen LogP contribution in [0.2, 0.25) is 0 Å². The van der Waals surface area contributed by atoms with E-state index in [0.29, 0.717) is 45.6 Å². The molecule has 0 bridgehead atoms. The van der Waals surface area contributed by atoms with E-state index in [1.807, 2.05) is 31.2 Å². The number of benzene rings is 1. The van der Waals surface area contributed by atoms with Gasteiger partial charge < -0.3 is 10.5 Å². The molecule has 1 aliphatic rings. The molecule has 5 nitrogen and oxygen atoms in total. The number of rotatable bonds is 6. The molecule has 0 aliphatic carbocycles. The summed E-state index contributed by atoms with van der Waals surface area (Å²) in [7, 11) is -3.37. The molecule has 2 rings (SSSR count). The van der Waals surface area contributed by atoms with Gasteiger partial charge in [0.2, 0.25) is 10.0 Å². The molecule has 1 aromatic carbocycles. The van der Waals surface area contributed by atoms with Gasteiger partial charge in [-0.15, -0.1) is 0 Å². The SMILES string of the molecule is Cc1cccc(N(CCCN)S(=O)(=O)C2CCOCC2)c1. The third-order valence-electron chi connectivity index (χ3n) is 3.75. The normalized spacial score (nSPS) is 16.9. The van der Waals surface area contributed by atoms with E-state index in [0.717, 1.165) is 11.3 Å². The van der Waals surface area contributed by atoms with Crippen LogP contribution in [0.25, 0.3) is 0 Å². The van der Waals surface area contributed by atoms with Crippen molar-refractivity contribution < 1.29 is 13.2 Å². The van der Waals surface area contributed by atoms with Crippen molar-refractivity contribution in [2.45, 2.75) is 31.4 Å². The summed E-state index contributed by atoms with van der Waals surface area (Å²) >= 11 is 0. The first-order chi connectivity index (χ1) is 10.1. The van der Waals surface area contributed by atoms with Gasteiger partial charge in [-0.2, -0.15) is 0 Å². The predicted octanol–water partition coefficient (Wildman–Crippen LogP) is 1.66. The highest BCUT2D eigenvalue weighted by Crippen LogP contribution is 2.26. The highest BCUT2D eigenvalue weighted by atomic mass is 32.2. The summed E-state index contributed by atoms with van der Waals surface area (Å²) in [6.07, 6.45) is 1.77. The van der Waals surface area contributed by atoms with E-state index < -0.39 is 10.0 Å². The lowest BCUT2D eigenvalue weighted by Gasteiger charge is -2.31. The van der Waals surface area contributed by atoms with Crippen molar-refractivity contribution in [1.29, 1.82) is 0 Å². The Morgan fingerprint density at radius 3 is 2.67 bits per heavy atom. The minimum atomic E-state index is -3.37. The van der Waals surface area contributed by atoms with E-state index in [9.17, 15) is 8.42 Å². The van der Waals surface area contributed by atoms with Crippen LogP contribution in [-0.2, 0) is 14.8 Å². The highest BCUT2D eigenvalue weighted by molar-refractivity contribution is 7.93. The summed E-state index contributed by atoms with van der Waals surface area (Å²) in [6, 6.07) is 7.61. The number of anilines is 1. The summed E-state index contributed by atoms with van der Waals surface area (Å²) in [5.74, 6) is 0. The zero-order valence-corrected chi connectivity index (χ0v) is 13.3. The fourth-order valence-electron chi connectivity index (χ4n) is 2.58. The molecule has 1 fully saturated rings. The van der Waals surface area contributed by atoms with Gasteiger partial charge in [0.25, 0.3) is 0 Å². The minimum Gasteiger partial charge on any atom is -0.381 e. The molecular formula is C15H24N2O3S. The van der Waals surface area contributed by atoms with Gasteiger partial charge >= 0.3 is 0 Å². The van der Waals surface area contributed by atoms with E-state index in [2.05, 4.69) is 0 Å². The van der Waals surface area contributed by atoms with E-state index in [-0.39, 0.29) is 5.25 Å². The summed E-state index contributed by atoms with van der Waals surface area (Å²) in [5.41, 5.74) is 7.35. The van der Waals surface area contributed by atoms with Crippen LogP contribution >= 0.6 is 0 Å². The van der Waals surface area contributed by atoms with Crippen LogP contribution in [-0.4, -0.2) is 40.0 Å². The van der Waals surface area contributed by atoms with Crippen LogP contribution in [0.1, 0.15) is 24.8 Å². The van der Waals surface area contributed by atoms with Crippen molar-refractivity contribution in [1.82, 2.24) is 0 Å². The van der Waals surface area contributed by atoms with Crippen molar-refractivity contribution in [2.24, 2.45) is 5.73 Å². The molecule has 0 saturated carbocycles. The second kappa shape index (κ2) is 7.24. The molecule has 21 heavy (non-hydrogen) atoms. The summed E-state index contributed by atoms with van der Waals surface area (Å²) < 4.78 is 32.7. The zero-order valence-electron chi connectivity index (χ0n) is 12.5. The van der Waals surface area contributed by atoms with Crippen LogP contribution in [0, 0.1) is 6.92 Å². The predicted molar refractivity (Wildman–Crippen MR) is 85.0 cm³/mol. The van der Waals surface area contributed by atoms with Gasteiger partial charge in [-0.3, -0.25) is 4.31 Å². The molecule has 1 aliphatic heterocycles. The Morgan fingerprint density at radius 2 is 2.05 bits per heavy atom. The van der Waals surface area contributed by atoms with Crippen molar-refractivity contribution in [3.05, 3.63) is 29.8 Å². The lowest BCUT2D eigenvalue weighted by Crippen LogP contribution is -2.42. The molecule has 0 unspecified atom stereocenters. The molecular weight excluding hydrogens is 288 g/mol. The second-order valence-electron chi connectivity index (χ2n) is 5.41. The fourth-order valence-corrected chi connectivity index (χ4v) is 4.51. The van der Waals surface area contributed by atoms with Gasteiger partial charge in [-0.1, -0.05) is 12.1 Å². The maximum atomic E-state index is 12.9. The van der Waals surface area contributed by atoms with Gasteiger partial charge in [0, 0.05) is 19.8 Å². The Hall–Kier alpha value is -1.11. The van der Waals surface area contributed by atoms with Crippen LogP contribution in [0.4, 0.5) is 5.69 Å². The number of nitrogens with zero attached hydrogens (tertiary/aromatic N) is 1. The molecule has 0 spiro atoms. The van der Waals surface area contributed by atoms with Crippen molar-refractivity contribution in [3.8, 4) is 0 Å². The van der Waals surface area contributed by atoms with Gasteiger partial charge in [0.15, 0.2) is 0 Å². The number of ether oxygens (including phenoxy) is 1. The van der Waals surface area contributed by atoms with Crippen molar-refractivity contribution in [3.63, 3.8) is 0 Å². The Kier molecular flexibility index (Phi) is 5.61. The number of hydrogen-bond donors (Lipinski definition) is 1. The Morgan fingerprint density at radius 1 is 1.33 bits per heavy atom. The van der Waals surface area contributed by atoms with Crippen LogP contribution in [0.15, 0.2) is 24.3 Å². The number of aryl methyl sites for hydroxylation is 1. The molecule has 0 radical (unpaired) electrons. The summed E-state index contributed by atoms with van der Waals surface area (Å²) in [5, 5.41) is -0.357. The lowest BCUT2D eigenvalue weighted by molar-refractivity contribution is 0.0983. The topological polar surface area (TPSA) is 72.6 Å². The zero-order chi connectivity index (χ0) is 15.3.